The van der Waals surface area contributed by atoms with Gasteiger partial charge in [-0.05, 0) is 51.5 Å². The molecule has 9 N–H and O–H groups in total. The molecule has 2 aromatic rings. The number of urea groups is 1. The molecule has 2 amide bonds. The topological polar surface area (TPSA) is 203 Å². The summed E-state index contributed by atoms with van der Waals surface area (Å²) in [6.07, 6.45) is -4.40. The number of nitrogens with one attached hydrogen (secondary N) is 3. The van der Waals surface area contributed by atoms with Gasteiger partial charge in [0, 0.05) is 18.3 Å². The van der Waals surface area contributed by atoms with E-state index in [0.29, 0.717) is 16.8 Å². The number of carbonyl (C=O) groups excluding carboxylic acids is 3. The van der Waals surface area contributed by atoms with Gasteiger partial charge in [0.15, 0.2) is 5.78 Å². The summed E-state index contributed by atoms with van der Waals surface area (Å²) in [6.45, 7) is 5.03. The largest absolute Gasteiger partial charge is 0.507 e. The maximum atomic E-state index is 12.7. The number of rotatable bonds is 12. The molecular weight excluding hydrogens is 508 g/mol. The van der Waals surface area contributed by atoms with Crippen molar-refractivity contribution in [2.75, 3.05) is 19.0 Å². The number of carbonyl (C=O) groups is 3. The lowest BCUT2D eigenvalue weighted by Gasteiger charge is -2.47. The molecule has 0 aliphatic rings. The number of anilines is 1. The number of ether oxygens (including phenoxy) is 1. The molecule has 0 saturated carbocycles. The Morgan fingerprint density at radius 2 is 1.67 bits per heavy atom. The van der Waals surface area contributed by atoms with E-state index in [1.165, 1.54) is 40.0 Å². The van der Waals surface area contributed by atoms with Gasteiger partial charge < -0.3 is 46.8 Å². The van der Waals surface area contributed by atoms with E-state index in [0.717, 1.165) is 0 Å². The Hall–Kier alpha value is -3.71. The van der Waals surface area contributed by atoms with Gasteiger partial charge in [-0.2, -0.15) is 0 Å². The number of phenols is 1. The Balaban J connectivity index is 2.49. The molecule has 0 aliphatic carbocycles. The molecule has 0 aromatic heterocycles. The average molecular weight is 547 g/mol. The van der Waals surface area contributed by atoms with Crippen LogP contribution in [0.2, 0.25) is 0 Å². The predicted octanol–water partition coefficient (Wildman–Crippen LogP) is 0.658. The number of aromatic hydroxyl groups is 1. The Labute approximate surface area is 227 Å². The van der Waals surface area contributed by atoms with Crippen LogP contribution < -0.4 is 21.7 Å². The van der Waals surface area contributed by atoms with E-state index in [1.54, 1.807) is 37.3 Å². The molecule has 0 saturated heterocycles. The standard InChI is InChI=1S/C27H38N4O8/c1-14-8-6-11-20(35)22(14)25(37)39-13-21(36)23(30-19-10-7-9-18(12-19)15(2)32)24(28)27(16(3)33,17(4)34)31-26(38)29-5/h6-12,16-17,21,23-24,30,33-36H,13,28H2,1-5H3,(H2,29,31,38). The molecule has 5 unspecified atom stereocenters. The molecule has 2 rings (SSSR count). The van der Waals surface area contributed by atoms with Crippen LogP contribution in [0.25, 0.3) is 0 Å². The third kappa shape index (κ3) is 7.24. The van der Waals surface area contributed by atoms with E-state index < -0.39 is 54.5 Å². The normalized spacial score (nSPS) is 16.5. The fourth-order valence-electron chi connectivity index (χ4n) is 4.46. The Bertz CT molecular complexity index is 1140. The SMILES string of the molecule is CNC(=O)NC(C(C)O)(C(C)O)C(N)C(Nc1cccc(C(C)=O)c1)C(O)COC(=O)c1c(C)cccc1O. The van der Waals surface area contributed by atoms with E-state index in [9.17, 15) is 34.8 Å². The minimum Gasteiger partial charge on any atom is -0.507 e. The monoisotopic (exact) mass is 546 g/mol. The van der Waals surface area contributed by atoms with Gasteiger partial charge in [0.25, 0.3) is 0 Å². The lowest BCUT2D eigenvalue weighted by atomic mass is 9.76. The molecule has 12 nitrogen and oxygen atoms in total. The lowest BCUT2D eigenvalue weighted by Crippen LogP contribution is -2.76. The van der Waals surface area contributed by atoms with Crippen LogP contribution in [0.3, 0.4) is 0 Å². The van der Waals surface area contributed by atoms with Gasteiger partial charge in [0.05, 0.1) is 24.3 Å². The molecule has 0 bridgehead atoms. The third-order valence-electron chi connectivity index (χ3n) is 6.74. The highest BCUT2D eigenvalue weighted by molar-refractivity contribution is 5.95. The summed E-state index contributed by atoms with van der Waals surface area (Å²) in [5.41, 5.74) is 5.79. The van der Waals surface area contributed by atoms with Crippen LogP contribution in [0, 0.1) is 6.92 Å². The maximum Gasteiger partial charge on any atom is 0.342 e. The number of hydrogen-bond acceptors (Lipinski definition) is 10. The van der Waals surface area contributed by atoms with Crippen molar-refractivity contribution < 1.29 is 39.5 Å². The van der Waals surface area contributed by atoms with Gasteiger partial charge in [-0.15, -0.1) is 0 Å². The highest BCUT2D eigenvalue weighted by Gasteiger charge is 2.51. The molecule has 5 atom stereocenters. The van der Waals surface area contributed by atoms with Crippen molar-refractivity contribution in [2.24, 2.45) is 5.73 Å². The zero-order valence-corrected chi connectivity index (χ0v) is 22.6. The molecule has 12 heteroatoms. The Morgan fingerprint density at radius 1 is 1.05 bits per heavy atom. The first-order valence-electron chi connectivity index (χ1n) is 12.4. The first kappa shape index (κ1) is 31.5. The number of amides is 2. The van der Waals surface area contributed by atoms with Crippen LogP contribution in [-0.4, -0.2) is 87.8 Å². The number of aliphatic hydroxyl groups is 3. The zero-order valence-electron chi connectivity index (χ0n) is 22.6. The van der Waals surface area contributed by atoms with E-state index in [2.05, 4.69) is 16.0 Å². The summed E-state index contributed by atoms with van der Waals surface area (Å²) in [5, 5.41) is 50.7. The van der Waals surface area contributed by atoms with Crippen molar-refractivity contribution in [3.05, 3.63) is 59.2 Å². The molecule has 2 aromatic carbocycles. The summed E-state index contributed by atoms with van der Waals surface area (Å²) in [5.74, 6) is -1.40. The van der Waals surface area contributed by atoms with Crippen molar-refractivity contribution >= 4 is 23.5 Å². The number of phenolic OH excluding ortho intramolecular Hbond substituents is 1. The van der Waals surface area contributed by atoms with Gasteiger partial charge in [-0.3, -0.25) is 4.79 Å². The molecule has 0 radical (unpaired) electrons. The van der Waals surface area contributed by atoms with Gasteiger partial charge in [0.1, 0.15) is 29.6 Å². The number of aliphatic hydroxyl groups excluding tert-OH is 3. The number of ketones is 1. The second kappa shape index (κ2) is 13.4. The van der Waals surface area contributed by atoms with Crippen molar-refractivity contribution in [1.82, 2.24) is 10.6 Å². The third-order valence-corrected chi connectivity index (χ3v) is 6.74. The van der Waals surface area contributed by atoms with Crippen molar-refractivity contribution in [3.63, 3.8) is 0 Å². The number of nitrogens with two attached hydrogens (primary N) is 1. The van der Waals surface area contributed by atoms with Crippen LogP contribution in [-0.2, 0) is 4.74 Å². The van der Waals surface area contributed by atoms with E-state index >= 15 is 0 Å². The molecule has 0 fully saturated rings. The summed E-state index contributed by atoms with van der Waals surface area (Å²) in [4.78, 5) is 37.0. The van der Waals surface area contributed by atoms with E-state index in [-0.39, 0.29) is 17.1 Å². The van der Waals surface area contributed by atoms with Gasteiger partial charge in [-0.1, -0.05) is 24.3 Å². The fourth-order valence-corrected chi connectivity index (χ4v) is 4.46. The highest BCUT2D eigenvalue weighted by Crippen LogP contribution is 2.27. The molecule has 0 aliphatic heterocycles. The maximum absolute atomic E-state index is 12.7. The van der Waals surface area contributed by atoms with Crippen LogP contribution in [0.1, 0.15) is 47.1 Å². The number of benzene rings is 2. The minimum atomic E-state index is -1.89. The number of hydrogen-bond donors (Lipinski definition) is 8. The average Bonchev–Trinajstić information content (AvgIpc) is 2.88. The molecule has 214 valence electrons. The molecular formula is C27H38N4O8. The molecule has 0 spiro atoms. The van der Waals surface area contributed by atoms with Crippen LogP contribution >= 0.6 is 0 Å². The van der Waals surface area contributed by atoms with Crippen LogP contribution in [0.4, 0.5) is 10.5 Å². The van der Waals surface area contributed by atoms with Crippen LogP contribution in [0.5, 0.6) is 5.75 Å². The fraction of sp³-hybridized carbons (Fsp3) is 0.444. The Morgan fingerprint density at radius 3 is 2.21 bits per heavy atom. The van der Waals surface area contributed by atoms with Crippen molar-refractivity contribution in [3.8, 4) is 5.75 Å². The minimum absolute atomic E-state index is 0.0729. The predicted molar refractivity (Wildman–Crippen MR) is 145 cm³/mol. The van der Waals surface area contributed by atoms with Gasteiger partial charge >= 0.3 is 12.0 Å². The summed E-state index contributed by atoms with van der Waals surface area (Å²) < 4.78 is 5.29. The van der Waals surface area contributed by atoms with Gasteiger partial charge in [0.2, 0.25) is 0 Å². The lowest BCUT2D eigenvalue weighted by molar-refractivity contribution is -0.0416. The van der Waals surface area contributed by atoms with Crippen molar-refractivity contribution in [2.45, 2.75) is 63.6 Å². The first-order valence-corrected chi connectivity index (χ1v) is 12.4. The zero-order chi connectivity index (χ0) is 29.5. The van der Waals surface area contributed by atoms with E-state index in [4.69, 9.17) is 10.5 Å². The first-order chi connectivity index (χ1) is 18.3. The molecule has 39 heavy (non-hydrogen) atoms. The van der Waals surface area contributed by atoms with Crippen LogP contribution in [0.15, 0.2) is 42.5 Å². The molecule has 0 heterocycles. The summed E-state index contributed by atoms with van der Waals surface area (Å²) >= 11 is 0. The highest BCUT2D eigenvalue weighted by atomic mass is 16.5. The number of esters is 1. The Kier molecular flexibility index (Phi) is 10.8. The summed E-state index contributed by atoms with van der Waals surface area (Å²) in [6, 6.07) is 7.43. The van der Waals surface area contributed by atoms with E-state index in [1.807, 2.05) is 0 Å². The number of Topliss-reactive ketones (excluding diaryl/α,β-unsaturated/α-hetero) is 1. The van der Waals surface area contributed by atoms with Crippen molar-refractivity contribution in [1.29, 1.82) is 0 Å². The second-order valence-corrected chi connectivity index (χ2v) is 9.46. The summed E-state index contributed by atoms with van der Waals surface area (Å²) in [7, 11) is 1.34. The second-order valence-electron chi connectivity index (χ2n) is 9.46. The quantitative estimate of drug-likeness (QED) is 0.138. The van der Waals surface area contributed by atoms with Gasteiger partial charge in [-0.25, -0.2) is 9.59 Å². The smallest absolute Gasteiger partial charge is 0.342 e. The number of aryl methyl sites for hydroxylation is 1.